The van der Waals surface area contributed by atoms with Crippen molar-refractivity contribution < 1.29 is 9.47 Å². The van der Waals surface area contributed by atoms with E-state index in [0.717, 1.165) is 26.1 Å². The minimum Gasteiger partial charge on any atom is -0.353 e. The summed E-state index contributed by atoms with van der Waals surface area (Å²) in [5, 5.41) is 1.31. The Hall–Kier alpha value is -0.590. The Morgan fingerprint density at radius 3 is 3.05 bits per heavy atom. The molecule has 4 heteroatoms. The lowest BCUT2D eigenvalue weighted by Gasteiger charge is -2.22. The molecule has 0 saturated carbocycles. The monoisotopic (exact) mass is 371 g/mol. The number of fused-ring (bicyclic) bond motifs is 1. The van der Waals surface area contributed by atoms with Crippen LogP contribution in [-0.4, -0.2) is 24.5 Å². The third-order valence-electron chi connectivity index (χ3n) is 3.56. The van der Waals surface area contributed by atoms with Crippen molar-refractivity contribution in [2.75, 3.05) is 13.2 Å². The van der Waals surface area contributed by atoms with Crippen molar-refractivity contribution in [2.24, 2.45) is 0 Å². The van der Waals surface area contributed by atoms with E-state index in [1.807, 2.05) is 0 Å². The van der Waals surface area contributed by atoms with Gasteiger partial charge in [0.2, 0.25) is 0 Å². The summed E-state index contributed by atoms with van der Waals surface area (Å²) in [5.41, 5.74) is 2.56. The number of H-pyrrole nitrogens is 1. The van der Waals surface area contributed by atoms with E-state index in [0.29, 0.717) is 0 Å². The van der Waals surface area contributed by atoms with Gasteiger partial charge in [0.25, 0.3) is 0 Å². The number of halogens is 1. The standard InChI is InChI=1S/C15H18INO2/c16-15-12(11-5-1-2-6-13(11)17-15)8-10-19-14-7-3-4-9-18-14/h1-2,5-6,14,17H,3-4,7-10H2/t14-/m1/s1. The molecule has 1 saturated heterocycles. The number of hydrogen-bond donors (Lipinski definition) is 1. The number of para-hydroxylation sites is 1. The maximum atomic E-state index is 5.82. The number of aromatic amines is 1. The van der Waals surface area contributed by atoms with Gasteiger partial charge in [-0.15, -0.1) is 0 Å². The molecule has 3 nitrogen and oxygen atoms in total. The smallest absolute Gasteiger partial charge is 0.157 e. The van der Waals surface area contributed by atoms with Crippen LogP contribution in [0.25, 0.3) is 10.9 Å². The lowest BCUT2D eigenvalue weighted by molar-refractivity contribution is -0.161. The van der Waals surface area contributed by atoms with Crippen molar-refractivity contribution in [3.05, 3.63) is 33.5 Å². The van der Waals surface area contributed by atoms with Gasteiger partial charge < -0.3 is 14.5 Å². The first-order valence-electron chi connectivity index (χ1n) is 6.83. The fourth-order valence-electron chi connectivity index (χ4n) is 2.55. The molecule has 19 heavy (non-hydrogen) atoms. The summed E-state index contributed by atoms with van der Waals surface area (Å²) in [7, 11) is 0. The van der Waals surface area contributed by atoms with Crippen LogP contribution in [0, 0.1) is 3.70 Å². The molecule has 1 fully saturated rings. The largest absolute Gasteiger partial charge is 0.353 e. The lowest BCUT2D eigenvalue weighted by atomic mass is 10.1. The van der Waals surface area contributed by atoms with Crippen LogP contribution in [0.15, 0.2) is 24.3 Å². The molecule has 1 aliphatic rings. The number of benzene rings is 1. The van der Waals surface area contributed by atoms with E-state index in [4.69, 9.17) is 9.47 Å². The molecule has 0 bridgehead atoms. The normalized spacial score (nSPS) is 19.9. The first kappa shape index (κ1) is 13.4. The first-order valence-corrected chi connectivity index (χ1v) is 7.91. The molecule has 1 atom stereocenters. The van der Waals surface area contributed by atoms with Crippen LogP contribution < -0.4 is 0 Å². The van der Waals surface area contributed by atoms with Gasteiger partial charge in [0, 0.05) is 17.5 Å². The van der Waals surface area contributed by atoms with Gasteiger partial charge in [0.1, 0.15) is 0 Å². The lowest BCUT2D eigenvalue weighted by Crippen LogP contribution is -2.23. The first-order chi connectivity index (χ1) is 9.34. The van der Waals surface area contributed by atoms with Crippen molar-refractivity contribution in [3.63, 3.8) is 0 Å². The number of aromatic nitrogens is 1. The maximum absolute atomic E-state index is 5.82. The Bertz CT molecular complexity index is 546. The SMILES string of the molecule is Ic1[nH]c2ccccc2c1CCO[C@@H]1CCCCO1. The van der Waals surface area contributed by atoms with Gasteiger partial charge >= 0.3 is 0 Å². The van der Waals surface area contributed by atoms with Crippen molar-refractivity contribution in [1.29, 1.82) is 0 Å². The predicted octanol–water partition coefficient (Wildman–Crippen LogP) is 3.86. The summed E-state index contributed by atoms with van der Waals surface area (Å²) in [4.78, 5) is 3.42. The molecule has 0 amide bonds. The van der Waals surface area contributed by atoms with Crippen LogP contribution in [0.4, 0.5) is 0 Å². The van der Waals surface area contributed by atoms with Crippen LogP contribution in [0.2, 0.25) is 0 Å². The number of rotatable bonds is 4. The van der Waals surface area contributed by atoms with Crippen LogP contribution in [0.5, 0.6) is 0 Å². The van der Waals surface area contributed by atoms with Crippen molar-refractivity contribution in [2.45, 2.75) is 32.0 Å². The van der Waals surface area contributed by atoms with Gasteiger partial charge in [-0.05, 0) is 59.9 Å². The van der Waals surface area contributed by atoms with Crippen LogP contribution in [-0.2, 0) is 15.9 Å². The molecule has 102 valence electrons. The van der Waals surface area contributed by atoms with Gasteiger partial charge in [0.05, 0.1) is 10.3 Å². The van der Waals surface area contributed by atoms with E-state index in [1.54, 1.807) is 0 Å². The zero-order chi connectivity index (χ0) is 13.1. The van der Waals surface area contributed by atoms with Gasteiger partial charge in [-0.2, -0.15) is 0 Å². The average molecular weight is 371 g/mol. The van der Waals surface area contributed by atoms with E-state index >= 15 is 0 Å². The quantitative estimate of drug-likeness (QED) is 0.829. The number of nitrogens with one attached hydrogen (secondary N) is 1. The minimum absolute atomic E-state index is 0.0108. The molecule has 0 spiro atoms. The molecule has 0 unspecified atom stereocenters. The highest BCUT2D eigenvalue weighted by atomic mass is 127. The van der Waals surface area contributed by atoms with E-state index in [-0.39, 0.29) is 6.29 Å². The average Bonchev–Trinajstić information content (AvgIpc) is 2.76. The highest BCUT2D eigenvalue weighted by molar-refractivity contribution is 14.1. The van der Waals surface area contributed by atoms with E-state index in [9.17, 15) is 0 Å². The third kappa shape index (κ3) is 3.12. The molecule has 0 aliphatic carbocycles. The summed E-state index contributed by atoms with van der Waals surface area (Å²) >= 11 is 2.37. The molecule has 2 heterocycles. The summed E-state index contributed by atoms with van der Waals surface area (Å²) in [6.45, 7) is 1.57. The second kappa shape index (κ2) is 6.24. The van der Waals surface area contributed by atoms with Gasteiger partial charge in [-0.3, -0.25) is 0 Å². The van der Waals surface area contributed by atoms with Gasteiger partial charge in [-0.1, -0.05) is 18.2 Å². The molecule has 2 aromatic rings. The molecule has 3 rings (SSSR count). The van der Waals surface area contributed by atoms with Crippen LogP contribution in [0.3, 0.4) is 0 Å². The molecule has 1 aromatic heterocycles. The van der Waals surface area contributed by atoms with Gasteiger partial charge in [0.15, 0.2) is 6.29 Å². The fraction of sp³-hybridized carbons (Fsp3) is 0.467. The molecule has 1 aromatic carbocycles. The van der Waals surface area contributed by atoms with Crippen molar-refractivity contribution >= 4 is 33.5 Å². The summed E-state index contributed by atoms with van der Waals surface area (Å²) in [6.07, 6.45) is 4.36. The van der Waals surface area contributed by atoms with Gasteiger partial charge in [-0.25, -0.2) is 0 Å². The van der Waals surface area contributed by atoms with Crippen molar-refractivity contribution in [3.8, 4) is 0 Å². The Kier molecular flexibility index (Phi) is 4.40. The zero-order valence-corrected chi connectivity index (χ0v) is 13.0. The second-order valence-corrected chi connectivity index (χ2v) is 5.96. The van der Waals surface area contributed by atoms with Crippen LogP contribution in [0.1, 0.15) is 24.8 Å². The predicted molar refractivity (Wildman–Crippen MR) is 84.3 cm³/mol. The summed E-state index contributed by atoms with van der Waals surface area (Å²) in [5.74, 6) is 0. The topological polar surface area (TPSA) is 34.2 Å². The van der Waals surface area contributed by atoms with E-state index in [1.165, 1.54) is 33.0 Å². The van der Waals surface area contributed by atoms with Crippen molar-refractivity contribution in [1.82, 2.24) is 4.98 Å². The highest BCUT2D eigenvalue weighted by Crippen LogP contribution is 2.24. The Morgan fingerprint density at radius 2 is 2.21 bits per heavy atom. The summed E-state index contributed by atoms with van der Waals surface area (Å²) < 4.78 is 12.6. The van der Waals surface area contributed by atoms with E-state index < -0.39 is 0 Å². The minimum atomic E-state index is 0.0108. The molecular formula is C15H18INO2. The molecular weight excluding hydrogens is 353 g/mol. The Morgan fingerprint density at radius 1 is 1.32 bits per heavy atom. The third-order valence-corrected chi connectivity index (χ3v) is 4.48. The van der Waals surface area contributed by atoms with E-state index in [2.05, 4.69) is 51.8 Å². The maximum Gasteiger partial charge on any atom is 0.157 e. The zero-order valence-electron chi connectivity index (χ0n) is 10.8. The highest BCUT2D eigenvalue weighted by Gasteiger charge is 2.15. The Labute approximate surface area is 126 Å². The number of ether oxygens (including phenoxy) is 2. The molecule has 0 radical (unpaired) electrons. The van der Waals surface area contributed by atoms with Crippen LogP contribution >= 0.6 is 22.6 Å². The second-order valence-electron chi connectivity index (χ2n) is 4.88. The molecule has 1 aliphatic heterocycles. The summed E-state index contributed by atoms with van der Waals surface area (Å²) in [6, 6.07) is 8.43. The Balaban J connectivity index is 1.63. The number of hydrogen-bond acceptors (Lipinski definition) is 2. The fourth-order valence-corrected chi connectivity index (χ4v) is 3.40. The molecule has 1 N–H and O–H groups in total.